The topological polar surface area (TPSA) is 29.1 Å². The van der Waals surface area contributed by atoms with E-state index in [0.717, 1.165) is 11.3 Å². The zero-order valence-electron chi connectivity index (χ0n) is 11.5. The summed E-state index contributed by atoms with van der Waals surface area (Å²) in [5.74, 6) is 0.919. The monoisotopic (exact) mass is 339 g/mol. The lowest BCUT2D eigenvalue weighted by Crippen LogP contribution is -2.14. The van der Waals surface area contributed by atoms with Gasteiger partial charge in [-0.15, -0.1) is 11.8 Å². The molecule has 0 spiro atoms. The first kappa shape index (κ1) is 16.2. The summed E-state index contributed by atoms with van der Waals surface area (Å²) in [4.78, 5) is 13.2. The Balaban J connectivity index is 1.99. The predicted octanol–water partition coefficient (Wildman–Crippen LogP) is 5.29. The molecular weight excluding hydrogens is 325 g/mol. The lowest BCUT2D eigenvalue weighted by molar-refractivity contribution is -0.115. The predicted molar refractivity (Wildman–Crippen MR) is 91.6 cm³/mol. The highest BCUT2D eigenvalue weighted by atomic mass is 35.5. The molecule has 0 aliphatic carbocycles. The summed E-state index contributed by atoms with van der Waals surface area (Å²) in [5.41, 5.74) is 1.50. The Morgan fingerprint density at radius 1 is 1.14 bits per heavy atom. The highest BCUT2D eigenvalue weighted by molar-refractivity contribution is 7.99. The lowest BCUT2D eigenvalue weighted by Gasteiger charge is -2.08. The molecular formula is C16H15Cl2NOS. The van der Waals surface area contributed by atoms with Crippen molar-refractivity contribution in [2.45, 2.75) is 18.2 Å². The van der Waals surface area contributed by atoms with Gasteiger partial charge in [-0.3, -0.25) is 4.79 Å². The number of benzene rings is 2. The highest BCUT2D eigenvalue weighted by Gasteiger charge is 2.07. The van der Waals surface area contributed by atoms with Crippen molar-refractivity contribution < 1.29 is 4.79 Å². The molecule has 0 saturated heterocycles. The van der Waals surface area contributed by atoms with E-state index in [-0.39, 0.29) is 5.91 Å². The molecule has 2 rings (SSSR count). The third kappa shape index (κ3) is 4.95. The van der Waals surface area contributed by atoms with E-state index in [1.165, 1.54) is 4.90 Å². The molecule has 0 atom stereocenters. The van der Waals surface area contributed by atoms with Crippen LogP contribution in [0.5, 0.6) is 0 Å². The van der Waals surface area contributed by atoms with E-state index >= 15 is 0 Å². The standard InChI is InChI=1S/C16H15Cl2NOS/c1-2-21-13-6-3-11(4-7-13)9-16(20)19-15-10-12(17)5-8-14(15)18/h3-8,10H,2,9H2,1H3,(H,19,20). The molecule has 2 aromatic carbocycles. The van der Waals surface area contributed by atoms with Crippen LogP contribution in [0, 0.1) is 0 Å². The number of carbonyl (C=O) groups excluding carboxylic acids is 1. The van der Waals surface area contributed by atoms with Crippen LogP contribution in [0.1, 0.15) is 12.5 Å². The van der Waals surface area contributed by atoms with Gasteiger partial charge in [0.2, 0.25) is 5.91 Å². The average Bonchev–Trinajstić information content (AvgIpc) is 2.45. The molecule has 21 heavy (non-hydrogen) atoms. The Morgan fingerprint density at radius 2 is 1.86 bits per heavy atom. The summed E-state index contributed by atoms with van der Waals surface area (Å²) < 4.78 is 0. The van der Waals surface area contributed by atoms with Crippen molar-refractivity contribution in [3.05, 3.63) is 58.1 Å². The second-order valence-corrected chi connectivity index (χ2v) is 6.61. The van der Waals surface area contributed by atoms with Crippen molar-refractivity contribution in [3.8, 4) is 0 Å². The smallest absolute Gasteiger partial charge is 0.228 e. The van der Waals surface area contributed by atoms with E-state index in [4.69, 9.17) is 23.2 Å². The van der Waals surface area contributed by atoms with Gasteiger partial charge in [0.05, 0.1) is 17.1 Å². The summed E-state index contributed by atoms with van der Waals surface area (Å²) >= 11 is 13.7. The summed E-state index contributed by atoms with van der Waals surface area (Å²) in [6.07, 6.45) is 0.305. The number of hydrogen-bond acceptors (Lipinski definition) is 2. The third-order valence-corrected chi connectivity index (χ3v) is 4.26. The molecule has 0 radical (unpaired) electrons. The van der Waals surface area contributed by atoms with Crippen LogP contribution in [0.15, 0.2) is 47.4 Å². The second-order valence-electron chi connectivity index (χ2n) is 4.43. The van der Waals surface area contributed by atoms with E-state index in [1.54, 1.807) is 30.0 Å². The molecule has 0 fully saturated rings. The number of hydrogen-bond donors (Lipinski definition) is 1. The van der Waals surface area contributed by atoms with Gasteiger partial charge in [-0.1, -0.05) is 42.3 Å². The summed E-state index contributed by atoms with van der Waals surface area (Å²) in [5, 5.41) is 3.79. The Kier molecular flexibility index (Phi) is 5.97. The van der Waals surface area contributed by atoms with Crippen molar-refractivity contribution in [1.82, 2.24) is 0 Å². The number of rotatable bonds is 5. The van der Waals surface area contributed by atoms with Gasteiger partial charge in [0.25, 0.3) is 0 Å². The molecule has 110 valence electrons. The number of thioether (sulfide) groups is 1. The molecule has 1 N–H and O–H groups in total. The van der Waals surface area contributed by atoms with Crippen LogP contribution in [0.3, 0.4) is 0 Å². The van der Waals surface area contributed by atoms with Crippen molar-refractivity contribution in [1.29, 1.82) is 0 Å². The van der Waals surface area contributed by atoms with Crippen LogP contribution in [0.4, 0.5) is 5.69 Å². The molecule has 0 aromatic heterocycles. The lowest BCUT2D eigenvalue weighted by atomic mass is 10.1. The number of anilines is 1. The van der Waals surface area contributed by atoms with Gasteiger partial charge in [-0.25, -0.2) is 0 Å². The average molecular weight is 340 g/mol. The van der Waals surface area contributed by atoms with Crippen LogP contribution >= 0.6 is 35.0 Å². The van der Waals surface area contributed by atoms with Gasteiger partial charge in [0.15, 0.2) is 0 Å². The van der Waals surface area contributed by atoms with Crippen molar-refractivity contribution in [2.75, 3.05) is 11.1 Å². The third-order valence-electron chi connectivity index (χ3n) is 2.80. The Labute approximate surface area is 138 Å². The van der Waals surface area contributed by atoms with Crippen LogP contribution in [-0.2, 0) is 11.2 Å². The minimum absolute atomic E-state index is 0.116. The van der Waals surface area contributed by atoms with Gasteiger partial charge in [-0.2, -0.15) is 0 Å². The summed E-state index contributed by atoms with van der Waals surface area (Å²) in [6, 6.07) is 13.0. The fourth-order valence-electron chi connectivity index (χ4n) is 1.84. The summed E-state index contributed by atoms with van der Waals surface area (Å²) in [6.45, 7) is 2.11. The maximum absolute atomic E-state index is 12.0. The maximum atomic E-state index is 12.0. The zero-order chi connectivity index (χ0) is 15.2. The molecule has 5 heteroatoms. The number of halogens is 2. The normalized spacial score (nSPS) is 10.4. The van der Waals surface area contributed by atoms with Crippen LogP contribution in [0.25, 0.3) is 0 Å². The molecule has 0 heterocycles. The first-order valence-corrected chi connectivity index (χ1v) is 8.29. The van der Waals surface area contributed by atoms with E-state index in [0.29, 0.717) is 22.2 Å². The van der Waals surface area contributed by atoms with Gasteiger partial charge < -0.3 is 5.32 Å². The molecule has 0 saturated carbocycles. The maximum Gasteiger partial charge on any atom is 0.228 e. The fraction of sp³-hybridized carbons (Fsp3) is 0.188. The van der Waals surface area contributed by atoms with Crippen LogP contribution in [-0.4, -0.2) is 11.7 Å². The van der Waals surface area contributed by atoms with Gasteiger partial charge in [-0.05, 0) is 41.6 Å². The first-order chi connectivity index (χ1) is 10.1. The molecule has 0 bridgehead atoms. The minimum atomic E-state index is -0.116. The quantitative estimate of drug-likeness (QED) is 0.750. The Morgan fingerprint density at radius 3 is 2.52 bits per heavy atom. The van der Waals surface area contributed by atoms with E-state index in [9.17, 15) is 4.79 Å². The van der Waals surface area contributed by atoms with Crippen LogP contribution < -0.4 is 5.32 Å². The molecule has 2 aromatic rings. The van der Waals surface area contributed by atoms with Gasteiger partial charge in [0, 0.05) is 9.92 Å². The van der Waals surface area contributed by atoms with E-state index < -0.39 is 0 Å². The van der Waals surface area contributed by atoms with E-state index in [2.05, 4.69) is 12.2 Å². The summed E-state index contributed by atoms with van der Waals surface area (Å²) in [7, 11) is 0. The Bertz CT molecular complexity index is 629. The fourth-order valence-corrected chi connectivity index (χ4v) is 2.84. The molecule has 0 aliphatic rings. The molecule has 2 nitrogen and oxygen atoms in total. The zero-order valence-corrected chi connectivity index (χ0v) is 13.9. The Hall–Kier alpha value is -1.16. The van der Waals surface area contributed by atoms with Crippen LogP contribution in [0.2, 0.25) is 10.0 Å². The number of nitrogens with one attached hydrogen (secondary N) is 1. The largest absolute Gasteiger partial charge is 0.324 e. The number of amides is 1. The minimum Gasteiger partial charge on any atom is -0.324 e. The second kappa shape index (κ2) is 7.74. The molecule has 0 unspecified atom stereocenters. The van der Waals surface area contributed by atoms with Gasteiger partial charge in [0.1, 0.15) is 0 Å². The first-order valence-electron chi connectivity index (χ1n) is 6.55. The molecule has 1 amide bonds. The van der Waals surface area contributed by atoms with Gasteiger partial charge >= 0.3 is 0 Å². The molecule has 0 aliphatic heterocycles. The van der Waals surface area contributed by atoms with Crippen molar-refractivity contribution >= 4 is 46.6 Å². The number of carbonyl (C=O) groups is 1. The van der Waals surface area contributed by atoms with E-state index in [1.807, 2.05) is 24.3 Å². The SMILES string of the molecule is CCSc1ccc(CC(=O)Nc2cc(Cl)ccc2Cl)cc1. The highest BCUT2D eigenvalue weighted by Crippen LogP contribution is 2.25. The van der Waals surface area contributed by atoms with Crippen molar-refractivity contribution in [3.63, 3.8) is 0 Å². The van der Waals surface area contributed by atoms with Crippen molar-refractivity contribution in [2.24, 2.45) is 0 Å².